The van der Waals surface area contributed by atoms with Crippen molar-refractivity contribution in [2.45, 2.75) is 13.3 Å². The topological polar surface area (TPSA) is 133 Å². The first-order valence-electron chi connectivity index (χ1n) is 9.73. The second kappa shape index (κ2) is 9.33. The lowest BCUT2D eigenvalue weighted by atomic mass is 10.1. The van der Waals surface area contributed by atoms with Gasteiger partial charge in [0.15, 0.2) is 0 Å². The second-order valence-electron chi connectivity index (χ2n) is 7.18. The molecule has 0 atom stereocenters. The Kier molecular flexibility index (Phi) is 6.58. The minimum atomic E-state index is -1.20. The highest BCUT2D eigenvalue weighted by molar-refractivity contribution is 5.92. The number of hydrogen-bond acceptors (Lipinski definition) is 7. The molecule has 1 heterocycles. The molecule has 0 unspecified atom stereocenters. The number of piperazine rings is 1. The number of nitro benzene ring substituents is 1. The third kappa shape index (κ3) is 5.21. The van der Waals surface area contributed by atoms with Gasteiger partial charge in [0.1, 0.15) is 17.1 Å². The number of aryl methyl sites for hydroxylation is 1. The molecular weight excluding hydrogens is 406 g/mol. The van der Waals surface area contributed by atoms with E-state index >= 15 is 0 Å². The summed E-state index contributed by atoms with van der Waals surface area (Å²) in [5.41, 5.74) is 1.03. The lowest BCUT2D eigenvalue weighted by Gasteiger charge is -2.36. The number of nitro groups is 1. The summed E-state index contributed by atoms with van der Waals surface area (Å²) in [6.07, 6.45) is 0.179. The van der Waals surface area contributed by atoms with E-state index in [1.165, 1.54) is 24.3 Å². The number of carboxylic acid groups (broad SMARTS) is 1. The Morgan fingerprint density at radius 2 is 1.84 bits per heavy atom. The molecule has 0 saturated carbocycles. The van der Waals surface area contributed by atoms with Gasteiger partial charge in [-0.1, -0.05) is 0 Å². The quantitative estimate of drug-likeness (QED) is 0.506. The maximum absolute atomic E-state index is 12.5. The molecule has 10 heteroatoms. The first-order chi connectivity index (χ1) is 14.8. The van der Waals surface area contributed by atoms with Crippen LogP contribution in [0.3, 0.4) is 0 Å². The highest BCUT2D eigenvalue weighted by Gasteiger charge is 2.22. The van der Waals surface area contributed by atoms with Gasteiger partial charge in [-0.3, -0.25) is 14.9 Å². The van der Waals surface area contributed by atoms with Crippen molar-refractivity contribution in [1.82, 2.24) is 4.90 Å². The van der Waals surface area contributed by atoms with Crippen molar-refractivity contribution in [2.24, 2.45) is 0 Å². The van der Waals surface area contributed by atoms with E-state index in [1.54, 1.807) is 24.0 Å². The van der Waals surface area contributed by atoms with Crippen LogP contribution in [0.1, 0.15) is 22.3 Å². The summed E-state index contributed by atoms with van der Waals surface area (Å²) in [6, 6.07) is 8.90. The standard InChI is InChI=1S/C21H23N3O7/c1-14-12-16(3-4-18(14)24(29)30)31-11-6-20(26)23-9-7-22(8-10-23)15-2-5-19(25)17(13-15)21(27)28/h2-5,12-13,25H,6-11H2,1H3,(H,27,28). The number of benzene rings is 2. The molecule has 2 aromatic rings. The monoisotopic (exact) mass is 429 g/mol. The molecule has 2 aromatic carbocycles. The van der Waals surface area contributed by atoms with Crippen molar-refractivity contribution in [3.05, 3.63) is 57.6 Å². The average Bonchev–Trinajstić information content (AvgIpc) is 2.73. The number of aromatic carboxylic acids is 1. The van der Waals surface area contributed by atoms with Gasteiger partial charge in [-0.05, 0) is 37.3 Å². The van der Waals surface area contributed by atoms with E-state index in [-0.39, 0.29) is 35.9 Å². The summed E-state index contributed by atoms with van der Waals surface area (Å²) in [5, 5.41) is 29.7. The molecule has 31 heavy (non-hydrogen) atoms. The summed E-state index contributed by atoms with van der Waals surface area (Å²) in [4.78, 5) is 37.7. The van der Waals surface area contributed by atoms with Crippen molar-refractivity contribution < 1.29 is 29.5 Å². The lowest BCUT2D eigenvalue weighted by molar-refractivity contribution is -0.385. The van der Waals surface area contributed by atoms with Crippen molar-refractivity contribution in [1.29, 1.82) is 0 Å². The Labute approximate surface area is 178 Å². The van der Waals surface area contributed by atoms with E-state index in [2.05, 4.69) is 0 Å². The van der Waals surface area contributed by atoms with E-state index in [4.69, 9.17) is 9.84 Å². The molecule has 1 aliphatic rings. The minimum Gasteiger partial charge on any atom is -0.507 e. The van der Waals surface area contributed by atoms with Crippen molar-refractivity contribution in [2.75, 3.05) is 37.7 Å². The molecule has 1 aliphatic heterocycles. The normalized spacial score (nSPS) is 13.7. The highest BCUT2D eigenvalue weighted by atomic mass is 16.6. The third-order valence-electron chi connectivity index (χ3n) is 5.16. The van der Waals surface area contributed by atoms with Gasteiger partial charge in [-0.25, -0.2) is 4.79 Å². The maximum atomic E-state index is 12.5. The zero-order valence-electron chi connectivity index (χ0n) is 17.0. The fraction of sp³-hybridized carbons (Fsp3) is 0.333. The Bertz CT molecular complexity index is 1000. The van der Waals surface area contributed by atoms with Crippen molar-refractivity contribution in [3.8, 4) is 11.5 Å². The predicted molar refractivity (Wildman–Crippen MR) is 112 cm³/mol. The molecular formula is C21H23N3O7. The number of aromatic hydroxyl groups is 1. The van der Waals surface area contributed by atoms with Gasteiger partial charge >= 0.3 is 5.97 Å². The van der Waals surface area contributed by atoms with E-state index in [9.17, 15) is 24.8 Å². The highest BCUT2D eigenvalue weighted by Crippen LogP contribution is 2.25. The van der Waals surface area contributed by atoms with Crippen LogP contribution in [0.25, 0.3) is 0 Å². The minimum absolute atomic E-state index is 0.0189. The number of amides is 1. The van der Waals surface area contributed by atoms with Gasteiger partial charge in [0.05, 0.1) is 18.0 Å². The number of anilines is 1. The van der Waals surface area contributed by atoms with Gasteiger partial charge in [0.25, 0.3) is 5.69 Å². The summed E-state index contributed by atoms with van der Waals surface area (Å²) in [5.74, 6) is -1.07. The molecule has 1 amide bonds. The molecule has 1 fully saturated rings. The van der Waals surface area contributed by atoms with Crippen LogP contribution in [-0.4, -0.2) is 64.7 Å². The number of nitrogens with zero attached hydrogens (tertiary/aromatic N) is 3. The number of hydrogen-bond donors (Lipinski definition) is 2. The average molecular weight is 429 g/mol. The molecule has 0 bridgehead atoms. The van der Waals surface area contributed by atoms with Gasteiger partial charge < -0.3 is 24.7 Å². The Hall–Kier alpha value is -3.82. The SMILES string of the molecule is Cc1cc(OCCC(=O)N2CCN(c3ccc(O)c(C(=O)O)c3)CC2)ccc1[N+](=O)[O-]. The Morgan fingerprint density at radius 1 is 1.13 bits per heavy atom. The van der Waals surface area contributed by atoms with Crippen LogP contribution in [0.15, 0.2) is 36.4 Å². The summed E-state index contributed by atoms with van der Waals surface area (Å²) >= 11 is 0. The van der Waals surface area contributed by atoms with Crippen molar-refractivity contribution >= 4 is 23.3 Å². The number of carbonyl (C=O) groups is 2. The number of phenols is 1. The predicted octanol–water partition coefficient (Wildman–Crippen LogP) is 2.42. The van der Waals surface area contributed by atoms with Crippen LogP contribution < -0.4 is 9.64 Å². The first kappa shape index (κ1) is 21.9. The molecule has 2 N–H and O–H groups in total. The van der Waals surface area contributed by atoms with Crippen molar-refractivity contribution in [3.63, 3.8) is 0 Å². The Balaban J connectivity index is 1.48. The maximum Gasteiger partial charge on any atom is 0.339 e. The molecule has 164 valence electrons. The van der Waals surface area contributed by atoms with E-state index in [1.807, 2.05) is 4.90 Å². The fourth-order valence-corrected chi connectivity index (χ4v) is 3.44. The molecule has 0 radical (unpaired) electrons. The summed E-state index contributed by atoms with van der Waals surface area (Å²) in [6.45, 7) is 3.84. The Morgan fingerprint density at radius 3 is 2.45 bits per heavy atom. The van der Waals surface area contributed by atoms with Gasteiger partial charge in [0.2, 0.25) is 5.91 Å². The van der Waals surface area contributed by atoms with Crippen LogP contribution >= 0.6 is 0 Å². The van der Waals surface area contributed by atoms with Gasteiger partial charge in [0, 0.05) is 43.5 Å². The zero-order valence-corrected chi connectivity index (χ0v) is 17.0. The number of ether oxygens (including phenoxy) is 1. The van der Waals surface area contributed by atoms with Crippen LogP contribution in [0, 0.1) is 17.0 Å². The molecule has 0 aliphatic carbocycles. The van der Waals surface area contributed by atoms with E-state index in [0.29, 0.717) is 43.2 Å². The molecule has 3 rings (SSSR count). The molecule has 10 nitrogen and oxygen atoms in total. The summed E-state index contributed by atoms with van der Waals surface area (Å²) < 4.78 is 5.56. The number of carbonyl (C=O) groups excluding carboxylic acids is 1. The molecule has 1 saturated heterocycles. The fourth-order valence-electron chi connectivity index (χ4n) is 3.44. The number of rotatable bonds is 7. The van der Waals surface area contributed by atoms with Crippen LogP contribution in [0.2, 0.25) is 0 Å². The molecule has 0 aromatic heterocycles. The zero-order chi connectivity index (χ0) is 22.5. The van der Waals surface area contributed by atoms with Crippen LogP contribution in [0.5, 0.6) is 11.5 Å². The lowest BCUT2D eigenvalue weighted by Crippen LogP contribution is -2.49. The third-order valence-corrected chi connectivity index (χ3v) is 5.16. The second-order valence-corrected chi connectivity index (χ2v) is 7.18. The van der Waals surface area contributed by atoms with Crippen LogP contribution in [-0.2, 0) is 4.79 Å². The largest absolute Gasteiger partial charge is 0.507 e. The smallest absolute Gasteiger partial charge is 0.339 e. The van der Waals surface area contributed by atoms with Crippen LogP contribution in [0.4, 0.5) is 11.4 Å². The van der Waals surface area contributed by atoms with Gasteiger partial charge in [-0.15, -0.1) is 0 Å². The number of carboxylic acids is 1. The summed E-state index contributed by atoms with van der Waals surface area (Å²) in [7, 11) is 0. The van der Waals surface area contributed by atoms with E-state index in [0.717, 1.165) is 0 Å². The van der Waals surface area contributed by atoms with Gasteiger partial charge in [-0.2, -0.15) is 0 Å². The molecule has 0 spiro atoms. The van der Waals surface area contributed by atoms with E-state index < -0.39 is 10.9 Å². The first-order valence-corrected chi connectivity index (χ1v) is 9.73.